The van der Waals surface area contributed by atoms with Crippen LogP contribution in [0.3, 0.4) is 0 Å². The first-order valence-corrected chi connectivity index (χ1v) is 7.96. The molecule has 1 aromatic rings. The molecule has 0 aliphatic heterocycles. The normalized spacial score (nSPS) is 12.5. The Bertz CT molecular complexity index is 558. The van der Waals surface area contributed by atoms with E-state index in [4.69, 9.17) is 16.3 Å². The van der Waals surface area contributed by atoms with Crippen molar-refractivity contribution in [1.29, 1.82) is 0 Å². The van der Waals surface area contributed by atoms with Crippen LogP contribution in [0.1, 0.15) is 27.7 Å². The van der Waals surface area contributed by atoms with Crippen molar-refractivity contribution >= 4 is 39.3 Å². The van der Waals surface area contributed by atoms with Crippen LogP contribution in [0.15, 0.2) is 22.7 Å². The van der Waals surface area contributed by atoms with Gasteiger partial charge in [-0.15, -0.1) is 0 Å². The largest absolute Gasteiger partial charge is 0.480 e. The molecule has 2 N–H and O–H groups in total. The van der Waals surface area contributed by atoms with Crippen molar-refractivity contribution in [2.75, 3.05) is 6.54 Å². The minimum atomic E-state index is -0.736. The highest BCUT2D eigenvalue weighted by atomic mass is 79.9. The molecule has 0 aliphatic rings. The van der Waals surface area contributed by atoms with Crippen LogP contribution in [0.2, 0.25) is 5.02 Å². The van der Waals surface area contributed by atoms with Gasteiger partial charge in [0.15, 0.2) is 6.10 Å². The van der Waals surface area contributed by atoms with Gasteiger partial charge in [-0.1, -0.05) is 11.6 Å². The topological polar surface area (TPSA) is 67.4 Å². The predicted molar refractivity (Wildman–Crippen MR) is 90.1 cm³/mol. The van der Waals surface area contributed by atoms with Crippen LogP contribution in [0, 0.1) is 0 Å². The molecule has 0 spiro atoms. The fourth-order valence-electron chi connectivity index (χ4n) is 1.59. The molecule has 7 heteroatoms. The number of hydrogen-bond donors (Lipinski definition) is 2. The van der Waals surface area contributed by atoms with Crippen LogP contribution >= 0.6 is 27.5 Å². The van der Waals surface area contributed by atoms with E-state index in [1.54, 1.807) is 25.1 Å². The number of carbonyl (C=O) groups is 2. The first kappa shape index (κ1) is 18.8. The number of carbonyl (C=O) groups excluding carboxylic acids is 2. The van der Waals surface area contributed by atoms with E-state index in [9.17, 15) is 9.59 Å². The molecule has 2 amide bonds. The van der Waals surface area contributed by atoms with Gasteiger partial charge in [0.05, 0.1) is 11.0 Å². The van der Waals surface area contributed by atoms with Crippen molar-refractivity contribution in [2.24, 2.45) is 0 Å². The van der Waals surface area contributed by atoms with E-state index in [1.807, 2.05) is 20.8 Å². The average Bonchev–Trinajstić information content (AvgIpc) is 2.37. The summed E-state index contributed by atoms with van der Waals surface area (Å²) in [5.41, 5.74) is -0.335. The Morgan fingerprint density at radius 2 is 2.00 bits per heavy atom. The average molecular weight is 392 g/mol. The second-order valence-electron chi connectivity index (χ2n) is 5.85. The number of amides is 2. The summed E-state index contributed by atoms with van der Waals surface area (Å²) in [4.78, 5) is 23.6. The van der Waals surface area contributed by atoms with E-state index in [2.05, 4.69) is 26.6 Å². The van der Waals surface area contributed by atoms with E-state index >= 15 is 0 Å². The van der Waals surface area contributed by atoms with Gasteiger partial charge < -0.3 is 15.4 Å². The maximum Gasteiger partial charge on any atom is 0.261 e. The van der Waals surface area contributed by atoms with Gasteiger partial charge in [-0.25, -0.2) is 0 Å². The summed E-state index contributed by atoms with van der Waals surface area (Å²) < 4.78 is 6.20. The second kappa shape index (κ2) is 7.83. The molecule has 5 nitrogen and oxygen atoms in total. The number of benzene rings is 1. The highest BCUT2D eigenvalue weighted by molar-refractivity contribution is 9.10. The van der Waals surface area contributed by atoms with Crippen LogP contribution in [0.4, 0.5) is 0 Å². The molecule has 1 unspecified atom stereocenters. The first-order chi connectivity index (χ1) is 10.1. The van der Waals surface area contributed by atoms with Gasteiger partial charge in [0, 0.05) is 10.6 Å². The maximum absolute atomic E-state index is 11.9. The van der Waals surface area contributed by atoms with Gasteiger partial charge in [-0.3, -0.25) is 9.59 Å². The summed E-state index contributed by atoms with van der Waals surface area (Å²) >= 11 is 9.16. The van der Waals surface area contributed by atoms with Gasteiger partial charge in [0.25, 0.3) is 5.91 Å². The molecule has 22 heavy (non-hydrogen) atoms. The van der Waals surface area contributed by atoms with E-state index in [1.165, 1.54) is 0 Å². The molecular weight excluding hydrogens is 372 g/mol. The minimum absolute atomic E-state index is 0.0917. The Labute approximate surface area is 143 Å². The summed E-state index contributed by atoms with van der Waals surface area (Å²) in [6, 6.07) is 5.02. The van der Waals surface area contributed by atoms with Crippen LogP contribution in [0.25, 0.3) is 0 Å². The SMILES string of the molecule is CC(Oc1ccc(Cl)cc1Br)C(=O)NCC(=O)NC(C)(C)C. The Hall–Kier alpha value is -1.27. The molecule has 0 aliphatic carbocycles. The van der Waals surface area contributed by atoms with Gasteiger partial charge in [-0.2, -0.15) is 0 Å². The van der Waals surface area contributed by atoms with E-state index in [0.717, 1.165) is 0 Å². The Balaban J connectivity index is 2.50. The Morgan fingerprint density at radius 1 is 1.36 bits per heavy atom. The summed E-state index contributed by atoms with van der Waals surface area (Å²) in [5, 5.41) is 5.87. The van der Waals surface area contributed by atoms with Gasteiger partial charge in [0.1, 0.15) is 5.75 Å². The monoisotopic (exact) mass is 390 g/mol. The molecule has 0 fully saturated rings. The minimum Gasteiger partial charge on any atom is -0.480 e. The van der Waals surface area contributed by atoms with Crippen molar-refractivity contribution in [3.05, 3.63) is 27.7 Å². The molecule has 0 aromatic heterocycles. The highest BCUT2D eigenvalue weighted by Gasteiger charge is 2.18. The van der Waals surface area contributed by atoms with Gasteiger partial charge >= 0.3 is 0 Å². The lowest BCUT2D eigenvalue weighted by Crippen LogP contribution is -2.47. The van der Waals surface area contributed by atoms with Gasteiger partial charge in [0.2, 0.25) is 5.91 Å². The predicted octanol–water partition coefficient (Wildman–Crippen LogP) is 2.90. The van der Waals surface area contributed by atoms with E-state index < -0.39 is 6.10 Å². The smallest absolute Gasteiger partial charge is 0.261 e. The Morgan fingerprint density at radius 3 is 2.55 bits per heavy atom. The molecule has 1 aromatic carbocycles. The molecule has 0 heterocycles. The molecule has 0 bridgehead atoms. The molecule has 0 radical (unpaired) electrons. The number of halogens is 2. The summed E-state index contributed by atoms with van der Waals surface area (Å²) in [6.45, 7) is 7.13. The molecule has 0 saturated heterocycles. The third kappa shape index (κ3) is 6.66. The summed E-state index contributed by atoms with van der Waals surface area (Å²) in [6.07, 6.45) is -0.736. The fourth-order valence-corrected chi connectivity index (χ4v) is 2.36. The first-order valence-electron chi connectivity index (χ1n) is 6.79. The zero-order chi connectivity index (χ0) is 16.9. The lowest BCUT2D eigenvalue weighted by Gasteiger charge is -2.21. The molecular formula is C15H20BrClN2O3. The van der Waals surface area contributed by atoms with Crippen LogP contribution in [0.5, 0.6) is 5.75 Å². The van der Waals surface area contributed by atoms with Crippen molar-refractivity contribution in [2.45, 2.75) is 39.3 Å². The van der Waals surface area contributed by atoms with Crippen molar-refractivity contribution in [3.8, 4) is 5.75 Å². The third-order valence-corrected chi connectivity index (χ3v) is 3.36. The highest BCUT2D eigenvalue weighted by Crippen LogP contribution is 2.28. The lowest BCUT2D eigenvalue weighted by molar-refractivity contribution is -0.130. The number of nitrogens with one attached hydrogen (secondary N) is 2. The zero-order valence-corrected chi connectivity index (χ0v) is 15.3. The van der Waals surface area contributed by atoms with Crippen LogP contribution < -0.4 is 15.4 Å². The summed E-state index contributed by atoms with van der Waals surface area (Å²) in [5.74, 6) is -0.113. The fraction of sp³-hybridized carbons (Fsp3) is 0.467. The van der Waals surface area contributed by atoms with Crippen LogP contribution in [-0.2, 0) is 9.59 Å². The maximum atomic E-state index is 11.9. The third-order valence-electron chi connectivity index (χ3n) is 2.50. The number of hydrogen-bond acceptors (Lipinski definition) is 3. The standard InChI is InChI=1S/C15H20BrClN2O3/c1-9(22-12-6-5-10(17)7-11(12)16)14(21)18-8-13(20)19-15(2,3)4/h5-7,9H,8H2,1-4H3,(H,18,21)(H,19,20). The van der Waals surface area contributed by atoms with Gasteiger partial charge in [-0.05, 0) is 61.8 Å². The number of ether oxygens (including phenoxy) is 1. The molecule has 1 rings (SSSR count). The van der Waals surface area contributed by atoms with E-state index in [-0.39, 0.29) is 23.9 Å². The quantitative estimate of drug-likeness (QED) is 0.811. The van der Waals surface area contributed by atoms with Crippen LogP contribution in [-0.4, -0.2) is 30.0 Å². The van der Waals surface area contributed by atoms with Crippen molar-refractivity contribution < 1.29 is 14.3 Å². The Kier molecular flexibility index (Phi) is 6.68. The second-order valence-corrected chi connectivity index (χ2v) is 7.14. The van der Waals surface area contributed by atoms with E-state index in [0.29, 0.717) is 15.2 Å². The number of rotatable bonds is 5. The molecule has 0 saturated carbocycles. The van der Waals surface area contributed by atoms with Crippen molar-refractivity contribution in [1.82, 2.24) is 10.6 Å². The molecule has 122 valence electrons. The summed E-state index contributed by atoms with van der Waals surface area (Å²) in [7, 11) is 0. The molecule has 1 atom stereocenters. The zero-order valence-electron chi connectivity index (χ0n) is 13.0. The van der Waals surface area contributed by atoms with Crippen molar-refractivity contribution in [3.63, 3.8) is 0 Å². The lowest BCUT2D eigenvalue weighted by atomic mass is 10.1.